The van der Waals surface area contributed by atoms with Gasteiger partial charge in [-0.25, -0.2) is 0 Å². The van der Waals surface area contributed by atoms with Gasteiger partial charge in [-0.2, -0.15) is 0 Å². The third-order valence-corrected chi connectivity index (χ3v) is 5.71. The molecule has 1 fully saturated rings. The number of nitrogens with one attached hydrogen (secondary N) is 1. The van der Waals surface area contributed by atoms with E-state index in [-0.39, 0.29) is 12.0 Å². The van der Waals surface area contributed by atoms with Crippen LogP contribution in [-0.2, 0) is 15.1 Å². The molecule has 0 aromatic heterocycles. The van der Waals surface area contributed by atoms with Gasteiger partial charge in [0.2, 0.25) is 0 Å². The molecular formula is C25H26N2O2. The fraction of sp³-hybridized carbons (Fsp3) is 0.240. The smallest absolute Gasteiger partial charge is 0.324 e. The van der Waals surface area contributed by atoms with Crippen molar-refractivity contribution in [2.75, 3.05) is 26.7 Å². The van der Waals surface area contributed by atoms with Crippen LogP contribution in [0.25, 0.3) is 0 Å². The molecule has 0 bridgehead atoms. The predicted molar refractivity (Wildman–Crippen MR) is 115 cm³/mol. The molecule has 3 aromatic carbocycles. The highest BCUT2D eigenvalue weighted by Gasteiger charge is 2.44. The third kappa shape index (κ3) is 3.57. The average molecular weight is 386 g/mol. The number of rotatable bonds is 5. The molecule has 148 valence electrons. The fourth-order valence-electron chi connectivity index (χ4n) is 4.44. The first-order chi connectivity index (χ1) is 14.3. The lowest BCUT2D eigenvalue weighted by Gasteiger charge is -2.48. The Morgan fingerprint density at radius 2 is 1.31 bits per heavy atom. The Morgan fingerprint density at radius 1 is 0.862 bits per heavy atom. The van der Waals surface area contributed by atoms with Gasteiger partial charge in [0.1, 0.15) is 6.04 Å². The number of benzene rings is 3. The van der Waals surface area contributed by atoms with Crippen LogP contribution in [0.3, 0.4) is 0 Å². The summed E-state index contributed by atoms with van der Waals surface area (Å²) in [6.07, 6.45) is 0. The van der Waals surface area contributed by atoms with Crippen LogP contribution in [0.5, 0.6) is 0 Å². The van der Waals surface area contributed by atoms with Gasteiger partial charge in [0.15, 0.2) is 0 Å². The van der Waals surface area contributed by atoms with Gasteiger partial charge in [-0.05, 0) is 16.7 Å². The summed E-state index contributed by atoms with van der Waals surface area (Å²) < 4.78 is 5.04. The van der Waals surface area contributed by atoms with Gasteiger partial charge in [-0.3, -0.25) is 9.69 Å². The first-order valence-corrected chi connectivity index (χ1v) is 9.99. The Kier molecular flexibility index (Phi) is 5.74. The summed E-state index contributed by atoms with van der Waals surface area (Å²) in [6, 6.07) is 31.3. The average Bonchev–Trinajstić information content (AvgIpc) is 2.81. The normalized spacial score (nSPS) is 17.6. The van der Waals surface area contributed by atoms with E-state index in [1.54, 1.807) is 0 Å². The Hall–Kier alpha value is -2.95. The summed E-state index contributed by atoms with van der Waals surface area (Å²) in [5, 5.41) is 3.31. The van der Waals surface area contributed by atoms with Gasteiger partial charge in [-0.15, -0.1) is 0 Å². The van der Waals surface area contributed by atoms with Crippen LogP contribution in [0.15, 0.2) is 91.0 Å². The highest BCUT2D eigenvalue weighted by atomic mass is 16.5. The zero-order valence-electron chi connectivity index (χ0n) is 16.6. The summed E-state index contributed by atoms with van der Waals surface area (Å²) in [5.74, 6) is -0.224. The minimum absolute atomic E-state index is 0.224. The molecule has 1 atom stereocenters. The minimum atomic E-state index is -0.502. The monoisotopic (exact) mass is 386 g/mol. The highest BCUT2D eigenvalue weighted by molar-refractivity contribution is 5.76. The molecule has 1 N–H and O–H groups in total. The van der Waals surface area contributed by atoms with Crippen molar-refractivity contribution in [3.05, 3.63) is 108 Å². The third-order valence-electron chi connectivity index (χ3n) is 5.71. The van der Waals surface area contributed by atoms with E-state index in [0.29, 0.717) is 13.1 Å². The maximum Gasteiger partial charge on any atom is 0.324 e. The van der Waals surface area contributed by atoms with Crippen LogP contribution in [0.4, 0.5) is 0 Å². The zero-order valence-corrected chi connectivity index (χ0v) is 16.6. The standard InChI is InChI=1S/C25H26N2O2/c1-29-24(28)23-19-27(18-17-26-23)25(20-11-5-2-6-12-20,21-13-7-3-8-14-21)22-15-9-4-10-16-22/h2-16,23,26H,17-19H2,1H3. The molecule has 1 saturated heterocycles. The minimum Gasteiger partial charge on any atom is -0.468 e. The molecule has 0 aliphatic carbocycles. The molecule has 1 unspecified atom stereocenters. The lowest BCUT2D eigenvalue weighted by atomic mass is 9.75. The molecular weight excluding hydrogens is 360 g/mol. The number of piperazine rings is 1. The van der Waals surface area contributed by atoms with E-state index in [2.05, 4.69) is 83.0 Å². The molecule has 29 heavy (non-hydrogen) atoms. The van der Waals surface area contributed by atoms with E-state index in [9.17, 15) is 4.79 Å². The SMILES string of the molecule is COC(=O)C1CN(C(c2ccccc2)(c2ccccc2)c2ccccc2)CCN1. The van der Waals surface area contributed by atoms with E-state index in [0.717, 1.165) is 6.54 Å². The van der Waals surface area contributed by atoms with Crippen molar-refractivity contribution in [2.45, 2.75) is 11.6 Å². The van der Waals surface area contributed by atoms with Gasteiger partial charge >= 0.3 is 5.97 Å². The Balaban J connectivity index is 1.94. The second-order valence-electron chi connectivity index (χ2n) is 7.28. The van der Waals surface area contributed by atoms with Gasteiger partial charge in [-0.1, -0.05) is 91.0 Å². The largest absolute Gasteiger partial charge is 0.468 e. The van der Waals surface area contributed by atoms with E-state index in [4.69, 9.17) is 4.74 Å². The number of hydrogen-bond donors (Lipinski definition) is 1. The van der Waals surface area contributed by atoms with Crippen LogP contribution < -0.4 is 5.32 Å². The second-order valence-corrected chi connectivity index (χ2v) is 7.28. The number of methoxy groups -OCH3 is 1. The molecule has 0 amide bonds. The molecule has 4 rings (SSSR count). The molecule has 4 nitrogen and oxygen atoms in total. The van der Waals surface area contributed by atoms with E-state index >= 15 is 0 Å². The summed E-state index contributed by atoms with van der Waals surface area (Å²) in [4.78, 5) is 14.7. The Labute approximate surface area is 172 Å². The van der Waals surface area contributed by atoms with Crippen molar-refractivity contribution in [3.8, 4) is 0 Å². The number of nitrogens with zero attached hydrogens (tertiary/aromatic N) is 1. The Bertz CT molecular complexity index is 832. The number of ether oxygens (including phenoxy) is 1. The number of hydrogen-bond acceptors (Lipinski definition) is 4. The van der Waals surface area contributed by atoms with Gasteiger partial charge in [0.25, 0.3) is 0 Å². The van der Waals surface area contributed by atoms with Crippen LogP contribution in [0.1, 0.15) is 16.7 Å². The molecule has 3 aromatic rings. The highest BCUT2D eigenvalue weighted by Crippen LogP contribution is 2.42. The molecule has 0 radical (unpaired) electrons. The molecule has 1 heterocycles. The van der Waals surface area contributed by atoms with E-state index in [1.807, 2.05) is 18.2 Å². The van der Waals surface area contributed by atoms with Crippen molar-refractivity contribution in [3.63, 3.8) is 0 Å². The molecule has 0 saturated carbocycles. The quantitative estimate of drug-likeness (QED) is 0.539. The van der Waals surface area contributed by atoms with E-state index < -0.39 is 5.54 Å². The lowest BCUT2D eigenvalue weighted by Crippen LogP contribution is -2.61. The topological polar surface area (TPSA) is 41.6 Å². The van der Waals surface area contributed by atoms with Gasteiger partial charge in [0.05, 0.1) is 12.6 Å². The Morgan fingerprint density at radius 3 is 1.72 bits per heavy atom. The van der Waals surface area contributed by atoms with Crippen molar-refractivity contribution in [1.82, 2.24) is 10.2 Å². The summed E-state index contributed by atoms with van der Waals surface area (Å²) in [5.41, 5.74) is 3.05. The predicted octanol–water partition coefficient (Wildman–Crippen LogP) is 3.43. The number of esters is 1. The van der Waals surface area contributed by atoms with Gasteiger partial charge < -0.3 is 10.1 Å². The summed E-state index contributed by atoms with van der Waals surface area (Å²) in [7, 11) is 1.45. The summed E-state index contributed by atoms with van der Waals surface area (Å²) in [6.45, 7) is 2.09. The molecule has 1 aliphatic rings. The van der Waals surface area contributed by atoms with E-state index in [1.165, 1.54) is 23.8 Å². The number of carbonyl (C=O) groups is 1. The second kappa shape index (κ2) is 8.60. The first kappa shape index (κ1) is 19.4. The van der Waals surface area contributed by atoms with Crippen LogP contribution in [0.2, 0.25) is 0 Å². The first-order valence-electron chi connectivity index (χ1n) is 9.99. The fourth-order valence-corrected chi connectivity index (χ4v) is 4.44. The molecule has 1 aliphatic heterocycles. The molecule has 0 spiro atoms. The zero-order chi connectivity index (χ0) is 20.1. The maximum atomic E-state index is 12.3. The maximum absolute atomic E-state index is 12.3. The van der Waals surface area contributed by atoms with Crippen molar-refractivity contribution in [1.29, 1.82) is 0 Å². The van der Waals surface area contributed by atoms with Crippen molar-refractivity contribution >= 4 is 5.97 Å². The lowest BCUT2D eigenvalue weighted by molar-refractivity contribution is -0.144. The summed E-state index contributed by atoms with van der Waals surface area (Å²) >= 11 is 0. The van der Waals surface area contributed by atoms with Crippen LogP contribution in [-0.4, -0.2) is 43.7 Å². The van der Waals surface area contributed by atoms with Crippen LogP contribution in [0, 0.1) is 0 Å². The van der Waals surface area contributed by atoms with Crippen LogP contribution >= 0.6 is 0 Å². The number of carbonyl (C=O) groups excluding carboxylic acids is 1. The molecule has 4 heteroatoms. The van der Waals surface area contributed by atoms with Gasteiger partial charge in [0, 0.05) is 19.6 Å². The van der Waals surface area contributed by atoms with Crippen molar-refractivity contribution in [2.24, 2.45) is 0 Å². The van der Waals surface area contributed by atoms with Crippen molar-refractivity contribution < 1.29 is 9.53 Å².